The number of nitrogens with two attached hydrogens (primary N) is 1. The zero-order valence-corrected chi connectivity index (χ0v) is 13.8. The van der Waals surface area contributed by atoms with Gasteiger partial charge >= 0.3 is 0 Å². The summed E-state index contributed by atoms with van der Waals surface area (Å²) in [6.07, 6.45) is 2.49. The van der Waals surface area contributed by atoms with Gasteiger partial charge in [0.1, 0.15) is 0 Å². The molecule has 1 fully saturated rings. The molecule has 2 unspecified atom stereocenters. The first-order valence-electron chi connectivity index (χ1n) is 7.43. The van der Waals surface area contributed by atoms with Crippen molar-refractivity contribution >= 4 is 35.6 Å². The smallest absolute Gasteiger partial charge is 0.227 e. The van der Waals surface area contributed by atoms with E-state index in [1.165, 1.54) is 0 Å². The number of hydrogen-bond acceptors (Lipinski definition) is 3. The van der Waals surface area contributed by atoms with E-state index >= 15 is 0 Å². The Morgan fingerprint density at radius 3 is 2.36 bits per heavy atom. The number of halogens is 1. The minimum Gasteiger partial charge on any atom is -0.328 e. The molecule has 2 amide bonds. The number of rotatable bonds is 4. The second kappa shape index (κ2) is 8.15. The van der Waals surface area contributed by atoms with Crippen molar-refractivity contribution in [2.45, 2.75) is 39.2 Å². The van der Waals surface area contributed by atoms with Gasteiger partial charge in [-0.2, -0.15) is 0 Å². The van der Waals surface area contributed by atoms with Gasteiger partial charge in [0.2, 0.25) is 11.8 Å². The third kappa shape index (κ3) is 5.00. The summed E-state index contributed by atoms with van der Waals surface area (Å²) in [4.78, 5) is 23.8. The lowest BCUT2D eigenvalue weighted by molar-refractivity contribution is -0.120. The number of carbonyl (C=O) groups is 2. The normalized spacial score (nSPS) is 20.4. The van der Waals surface area contributed by atoms with Gasteiger partial charge in [0.25, 0.3) is 0 Å². The highest BCUT2D eigenvalue weighted by atomic mass is 35.5. The maximum atomic E-state index is 12.1. The molecular weight excluding hydrogens is 302 g/mol. The molecule has 0 saturated heterocycles. The molecule has 22 heavy (non-hydrogen) atoms. The van der Waals surface area contributed by atoms with Gasteiger partial charge in [-0.05, 0) is 37.5 Å². The molecule has 0 aliphatic heterocycles. The van der Waals surface area contributed by atoms with Crippen molar-refractivity contribution in [2.24, 2.45) is 17.6 Å². The molecule has 0 radical (unpaired) electrons. The maximum Gasteiger partial charge on any atom is 0.227 e. The van der Waals surface area contributed by atoms with Gasteiger partial charge in [0, 0.05) is 29.3 Å². The number of nitrogens with one attached hydrogen (secondary N) is 2. The summed E-state index contributed by atoms with van der Waals surface area (Å²) in [7, 11) is 0. The zero-order chi connectivity index (χ0) is 15.4. The third-order valence-electron chi connectivity index (χ3n) is 3.77. The molecule has 1 aromatic rings. The highest BCUT2D eigenvalue weighted by Crippen LogP contribution is 2.26. The lowest BCUT2D eigenvalue weighted by atomic mass is 10.1. The van der Waals surface area contributed by atoms with Crippen LogP contribution in [0.25, 0.3) is 0 Å². The van der Waals surface area contributed by atoms with Crippen LogP contribution in [-0.4, -0.2) is 17.9 Å². The predicted octanol–water partition coefficient (Wildman–Crippen LogP) is 2.77. The molecule has 1 aliphatic carbocycles. The quantitative estimate of drug-likeness (QED) is 0.795. The largest absolute Gasteiger partial charge is 0.328 e. The lowest BCUT2D eigenvalue weighted by Crippen LogP contribution is -2.23. The Bertz CT molecular complexity index is 534. The third-order valence-corrected chi connectivity index (χ3v) is 3.77. The van der Waals surface area contributed by atoms with Gasteiger partial charge in [-0.3, -0.25) is 9.59 Å². The van der Waals surface area contributed by atoms with Crippen molar-refractivity contribution in [1.82, 2.24) is 0 Å². The Hall–Kier alpha value is -1.59. The van der Waals surface area contributed by atoms with Crippen molar-refractivity contribution in [2.75, 3.05) is 10.6 Å². The maximum absolute atomic E-state index is 12.1. The first-order chi connectivity index (χ1) is 9.95. The van der Waals surface area contributed by atoms with E-state index in [2.05, 4.69) is 10.6 Å². The van der Waals surface area contributed by atoms with Crippen LogP contribution in [0.5, 0.6) is 0 Å². The number of amides is 2. The highest BCUT2D eigenvalue weighted by molar-refractivity contribution is 5.95. The predicted molar refractivity (Wildman–Crippen MR) is 91.1 cm³/mol. The van der Waals surface area contributed by atoms with Crippen LogP contribution in [0.4, 0.5) is 11.4 Å². The van der Waals surface area contributed by atoms with Crippen LogP contribution in [0.15, 0.2) is 24.3 Å². The van der Waals surface area contributed by atoms with Crippen LogP contribution in [0.1, 0.15) is 33.1 Å². The van der Waals surface area contributed by atoms with Crippen LogP contribution in [0.2, 0.25) is 0 Å². The average Bonchev–Trinajstić information content (AvgIpc) is 2.86. The minimum absolute atomic E-state index is 0. The Labute approximate surface area is 137 Å². The molecule has 0 bridgehead atoms. The molecule has 6 heteroatoms. The van der Waals surface area contributed by atoms with E-state index in [0.29, 0.717) is 11.4 Å². The van der Waals surface area contributed by atoms with Gasteiger partial charge in [-0.25, -0.2) is 0 Å². The first kappa shape index (κ1) is 18.5. The molecule has 0 spiro atoms. The summed E-state index contributed by atoms with van der Waals surface area (Å²) in [5.41, 5.74) is 7.22. The fourth-order valence-corrected chi connectivity index (χ4v) is 2.46. The van der Waals surface area contributed by atoms with Crippen molar-refractivity contribution in [1.29, 1.82) is 0 Å². The van der Waals surface area contributed by atoms with E-state index < -0.39 is 0 Å². The van der Waals surface area contributed by atoms with Gasteiger partial charge < -0.3 is 16.4 Å². The van der Waals surface area contributed by atoms with Crippen LogP contribution in [0.3, 0.4) is 0 Å². The Morgan fingerprint density at radius 2 is 1.82 bits per heavy atom. The van der Waals surface area contributed by atoms with Crippen molar-refractivity contribution in [3.8, 4) is 0 Å². The van der Waals surface area contributed by atoms with E-state index in [4.69, 9.17) is 5.73 Å². The Kier molecular flexibility index (Phi) is 6.84. The molecule has 1 saturated carbocycles. The molecule has 1 aromatic carbocycles. The van der Waals surface area contributed by atoms with E-state index in [-0.39, 0.29) is 42.1 Å². The molecule has 0 aromatic heterocycles. The molecule has 122 valence electrons. The van der Waals surface area contributed by atoms with E-state index in [0.717, 1.165) is 19.3 Å². The highest BCUT2D eigenvalue weighted by Gasteiger charge is 2.27. The SMILES string of the molecule is CC(C)C(=O)Nc1cccc(NC(=O)C2CCC(N)C2)c1.Cl. The summed E-state index contributed by atoms with van der Waals surface area (Å²) in [5, 5.41) is 5.72. The molecule has 1 aliphatic rings. The van der Waals surface area contributed by atoms with E-state index in [1.807, 2.05) is 26.0 Å². The van der Waals surface area contributed by atoms with Crippen LogP contribution >= 0.6 is 12.4 Å². The molecule has 5 nitrogen and oxygen atoms in total. The molecule has 2 atom stereocenters. The van der Waals surface area contributed by atoms with Gasteiger partial charge in [0.15, 0.2) is 0 Å². The number of hydrogen-bond donors (Lipinski definition) is 3. The second-order valence-corrected chi connectivity index (χ2v) is 5.98. The second-order valence-electron chi connectivity index (χ2n) is 5.98. The molecule has 0 heterocycles. The number of carbonyl (C=O) groups excluding carboxylic acids is 2. The Balaban J connectivity index is 0.00000242. The minimum atomic E-state index is -0.0803. The molecule has 2 rings (SSSR count). The zero-order valence-electron chi connectivity index (χ0n) is 13.0. The van der Waals surface area contributed by atoms with E-state index in [9.17, 15) is 9.59 Å². The van der Waals surface area contributed by atoms with Gasteiger partial charge in [0.05, 0.1) is 0 Å². The standard InChI is InChI=1S/C16H23N3O2.ClH/c1-10(2)15(20)18-13-4-3-5-14(9-13)19-16(21)11-6-7-12(17)8-11;/h3-5,9-12H,6-8,17H2,1-2H3,(H,18,20)(H,19,21);1H. The summed E-state index contributed by atoms with van der Waals surface area (Å²) >= 11 is 0. The number of anilines is 2. The summed E-state index contributed by atoms with van der Waals surface area (Å²) in [6, 6.07) is 7.34. The average molecular weight is 326 g/mol. The summed E-state index contributed by atoms with van der Waals surface area (Å²) in [6.45, 7) is 3.68. The van der Waals surface area contributed by atoms with Crippen molar-refractivity contribution in [3.63, 3.8) is 0 Å². The molecule has 4 N–H and O–H groups in total. The van der Waals surface area contributed by atoms with Crippen LogP contribution in [0, 0.1) is 11.8 Å². The molecular formula is C16H24ClN3O2. The fraction of sp³-hybridized carbons (Fsp3) is 0.500. The van der Waals surface area contributed by atoms with Gasteiger partial charge in [-0.15, -0.1) is 12.4 Å². The summed E-state index contributed by atoms with van der Waals surface area (Å²) < 4.78 is 0. The van der Waals surface area contributed by atoms with Crippen molar-refractivity contribution in [3.05, 3.63) is 24.3 Å². The fourth-order valence-electron chi connectivity index (χ4n) is 2.46. The topological polar surface area (TPSA) is 84.2 Å². The first-order valence-corrected chi connectivity index (χ1v) is 7.43. The van der Waals surface area contributed by atoms with Crippen LogP contribution in [-0.2, 0) is 9.59 Å². The number of benzene rings is 1. The van der Waals surface area contributed by atoms with E-state index in [1.54, 1.807) is 12.1 Å². The Morgan fingerprint density at radius 1 is 1.18 bits per heavy atom. The van der Waals surface area contributed by atoms with Gasteiger partial charge in [-0.1, -0.05) is 19.9 Å². The lowest BCUT2D eigenvalue weighted by Gasteiger charge is -2.13. The monoisotopic (exact) mass is 325 g/mol. The summed E-state index contributed by atoms with van der Waals surface area (Å²) in [5.74, 6) is -0.118. The van der Waals surface area contributed by atoms with Crippen molar-refractivity contribution < 1.29 is 9.59 Å². The van der Waals surface area contributed by atoms with Crippen LogP contribution < -0.4 is 16.4 Å².